The molecule has 2 aliphatic rings. The van der Waals surface area contributed by atoms with Crippen molar-refractivity contribution < 1.29 is 21.6 Å². The lowest BCUT2D eigenvalue weighted by atomic mass is 9.86. The fraction of sp³-hybridized carbons (Fsp3) is 0.562. The Labute approximate surface area is 148 Å². The summed E-state index contributed by atoms with van der Waals surface area (Å²) >= 11 is 0. The number of hydrogen-bond acceptors (Lipinski definition) is 5. The van der Waals surface area contributed by atoms with Gasteiger partial charge < -0.3 is 5.32 Å². The molecule has 138 valence electrons. The minimum absolute atomic E-state index is 0.0132. The minimum atomic E-state index is -3.84. The maximum absolute atomic E-state index is 13.1. The molecule has 1 amide bonds. The van der Waals surface area contributed by atoms with Gasteiger partial charge in [0.25, 0.3) is 0 Å². The van der Waals surface area contributed by atoms with Crippen molar-refractivity contribution in [3.63, 3.8) is 0 Å². The van der Waals surface area contributed by atoms with E-state index in [1.54, 1.807) is 26.8 Å². The molecule has 9 heteroatoms. The Morgan fingerprint density at radius 1 is 1.32 bits per heavy atom. The molecule has 1 aromatic carbocycles. The number of rotatable bonds is 4. The summed E-state index contributed by atoms with van der Waals surface area (Å²) in [5.74, 6) is -0.304. The number of nitrogens with one attached hydrogen (secondary N) is 1. The SMILES string of the molecule is CCN(C1CCS(=O)(=O)C1)S(=O)(=O)c1ccc2c(c1)C(C)(C)C(=O)N2. The molecule has 1 fully saturated rings. The number of nitrogens with zero attached hydrogens (tertiary/aromatic N) is 1. The number of amides is 1. The predicted octanol–water partition coefficient (Wildman–Crippen LogP) is 1.11. The summed E-state index contributed by atoms with van der Waals surface area (Å²) in [5, 5.41) is 2.75. The van der Waals surface area contributed by atoms with E-state index in [2.05, 4.69) is 5.32 Å². The van der Waals surface area contributed by atoms with Crippen LogP contribution < -0.4 is 5.32 Å². The van der Waals surface area contributed by atoms with Crippen molar-refractivity contribution >= 4 is 31.5 Å². The van der Waals surface area contributed by atoms with E-state index < -0.39 is 31.3 Å². The van der Waals surface area contributed by atoms with Crippen LogP contribution in [0.15, 0.2) is 23.1 Å². The number of carbonyl (C=O) groups is 1. The molecule has 0 aliphatic carbocycles. The van der Waals surface area contributed by atoms with E-state index in [-0.39, 0.29) is 28.9 Å². The molecule has 2 heterocycles. The van der Waals surface area contributed by atoms with Crippen LogP contribution in [0, 0.1) is 0 Å². The summed E-state index contributed by atoms with van der Waals surface area (Å²) in [4.78, 5) is 12.1. The minimum Gasteiger partial charge on any atom is -0.325 e. The van der Waals surface area contributed by atoms with Crippen molar-refractivity contribution in [1.29, 1.82) is 0 Å². The molecular weight excluding hydrogens is 364 g/mol. The average Bonchev–Trinajstić information content (AvgIpc) is 2.97. The van der Waals surface area contributed by atoms with Crippen LogP contribution in [0.3, 0.4) is 0 Å². The Bertz CT molecular complexity index is 935. The predicted molar refractivity (Wildman–Crippen MR) is 94.7 cm³/mol. The third-order valence-corrected chi connectivity index (χ3v) is 8.79. The van der Waals surface area contributed by atoms with Crippen LogP contribution in [0.5, 0.6) is 0 Å². The molecule has 25 heavy (non-hydrogen) atoms. The molecule has 1 N–H and O–H groups in total. The Balaban J connectivity index is 2.01. The average molecular weight is 386 g/mol. The lowest BCUT2D eigenvalue weighted by molar-refractivity contribution is -0.119. The van der Waals surface area contributed by atoms with E-state index in [0.717, 1.165) is 0 Å². The molecule has 1 saturated heterocycles. The van der Waals surface area contributed by atoms with Crippen molar-refractivity contribution in [3.05, 3.63) is 23.8 Å². The number of fused-ring (bicyclic) bond motifs is 1. The molecule has 2 aliphatic heterocycles. The molecule has 3 rings (SSSR count). The highest BCUT2D eigenvalue weighted by Crippen LogP contribution is 2.39. The highest BCUT2D eigenvalue weighted by atomic mass is 32.2. The normalized spacial score (nSPS) is 24.3. The second-order valence-electron chi connectivity index (χ2n) is 7.05. The first-order valence-electron chi connectivity index (χ1n) is 8.17. The van der Waals surface area contributed by atoms with Crippen LogP contribution >= 0.6 is 0 Å². The lowest BCUT2D eigenvalue weighted by Crippen LogP contribution is -2.41. The van der Waals surface area contributed by atoms with Gasteiger partial charge in [-0.25, -0.2) is 16.8 Å². The van der Waals surface area contributed by atoms with Crippen molar-refractivity contribution in [2.75, 3.05) is 23.4 Å². The first-order chi connectivity index (χ1) is 11.5. The molecule has 0 spiro atoms. The molecule has 0 aromatic heterocycles. The van der Waals surface area contributed by atoms with E-state index in [0.29, 0.717) is 17.7 Å². The highest BCUT2D eigenvalue weighted by molar-refractivity contribution is 7.92. The van der Waals surface area contributed by atoms with Crippen LogP contribution in [0.2, 0.25) is 0 Å². The number of sulfonamides is 1. The monoisotopic (exact) mass is 386 g/mol. The van der Waals surface area contributed by atoms with E-state index in [9.17, 15) is 21.6 Å². The van der Waals surface area contributed by atoms with Gasteiger partial charge in [0, 0.05) is 18.3 Å². The van der Waals surface area contributed by atoms with Crippen LogP contribution in [-0.4, -0.2) is 51.1 Å². The Kier molecular flexibility index (Phi) is 4.24. The molecule has 0 saturated carbocycles. The summed E-state index contributed by atoms with van der Waals surface area (Å²) in [6.07, 6.45) is 0.311. The first kappa shape index (κ1) is 18.3. The molecule has 0 bridgehead atoms. The standard InChI is InChI=1S/C16H22N2O5S2/c1-4-18(11-7-8-24(20,21)10-11)25(22,23)12-5-6-14-13(9-12)16(2,3)15(19)17-14/h5-6,9,11H,4,7-8,10H2,1-3H3,(H,17,19). The number of hydrogen-bond donors (Lipinski definition) is 1. The van der Waals surface area contributed by atoms with Gasteiger partial charge in [-0.1, -0.05) is 6.92 Å². The fourth-order valence-corrected chi connectivity index (χ4v) is 6.99. The Hall–Kier alpha value is -1.45. The second kappa shape index (κ2) is 5.78. The van der Waals surface area contributed by atoms with Gasteiger partial charge in [-0.2, -0.15) is 4.31 Å². The van der Waals surface area contributed by atoms with Crippen LogP contribution in [0.25, 0.3) is 0 Å². The van der Waals surface area contributed by atoms with Gasteiger partial charge >= 0.3 is 0 Å². The first-order valence-corrected chi connectivity index (χ1v) is 11.4. The summed E-state index contributed by atoms with van der Waals surface area (Å²) in [5.41, 5.74) is 0.434. The van der Waals surface area contributed by atoms with Gasteiger partial charge in [-0.3, -0.25) is 4.79 Å². The summed E-state index contributed by atoms with van der Waals surface area (Å²) in [6, 6.07) is 4.03. The fourth-order valence-electron chi connectivity index (χ4n) is 3.47. The van der Waals surface area contributed by atoms with Crippen molar-refractivity contribution in [1.82, 2.24) is 4.31 Å². The third kappa shape index (κ3) is 2.98. The molecule has 7 nitrogen and oxygen atoms in total. The Morgan fingerprint density at radius 2 is 2.00 bits per heavy atom. The zero-order chi connectivity index (χ0) is 18.6. The van der Waals surface area contributed by atoms with Crippen LogP contribution in [0.4, 0.5) is 5.69 Å². The highest BCUT2D eigenvalue weighted by Gasteiger charge is 2.41. The van der Waals surface area contributed by atoms with E-state index in [1.807, 2.05) is 0 Å². The number of sulfone groups is 1. The number of benzene rings is 1. The van der Waals surface area contributed by atoms with Crippen molar-refractivity contribution in [3.8, 4) is 0 Å². The van der Waals surface area contributed by atoms with E-state index in [1.165, 1.54) is 16.4 Å². The van der Waals surface area contributed by atoms with Crippen molar-refractivity contribution in [2.45, 2.75) is 43.5 Å². The number of carbonyl (C=O) groups excluding carboxylic acids is 1. The van der Waals surface area contributed by atoms with Gasteiger partial charge in [-0.15, -0.1) is 0 Å². The summed E-state index contributed by atoms with van der Waals surface area (Å²) in [6.45, 7) is 5.38. The maximum atomic E-state index is 13.1. The van der Waals surface area contributed by atoms with Crippen LogP contribution in [-0.2, 0) is 30.1 Å². The maximum Gasteiger partial charge on any atom is 0.243 e. The largest absolute Gasteiger partial charge is 0.325 e. The van der Waals surface area contributed by atoms with E-state index in [4.69, 9.17) is 0 Å². The smallest absolute Gasteiger partial charge is 0.243 e. The lowest BCUT2D eigenvalue weighted by Gasteiger charge is -2.26. The Morgan fingerprint density at radius 3 is 2.56 bits per heavy atom. The van der Waals surface area contributed by atoms with Gasteiger partial charge in [-0.05, 0) is 44.0 Å². The third-order valence-electron chi connectivity index (χ3n) is 5.01. The van der Waals surface area contributed by atoms with E-state index >= 15 is 0 Å². The van der Waals surface area contributed by atoms with Gasteiger partial charge in [0.1, 0.15) is 0 Å². The molecule has 1 atom stereocenters. The topological polar surface area (TPSA) is 101 Å². The van der Waals surface area contributed by atoms with Crippen LogP contribution in [0.1, 0.15) is 32.8 Å². The zero-order valence-corrected chi connectivity index (χ0v) is 16.1. The molecule has 1 aromatic rings. The summed E-state index contributed by atoms with van der Waals surface area (Å²) in [7, 11) is -7.03. The summed E-state index contributed by atoms with van der Waals surface area (Å²) < 4.78 is 50.9. The molecule has 0 radical (unpaired) electrons. The second-order valence-corrected chi connectivity index (χ2v) is 11.2. The molecular formula is C16H22N2O5S2. The zero-order valence-electron chi connectivity index (χ0n) is 14.4. The van der Waals surface area contributed by atoms with Gasteiger partial charge in [0.15, 0.2) is 9.84 Å². The van der Waals surface area contributed by atoms with Crippen molar-refractivity contribution in [2.24, 2.45) is 0 Å². The van der Waals surface area contributed by atoms with Gasteiger partial charge in [0.2, 0.25) is 15.9 Å². The van der Waals surface area contributed by atoms with Gasteiger partial charge in [0.05, 0.1) is 21.8 Å². The quantitative estimate of drug-likeness (QED) is 0.835. The number of anilines is 1. The molecule has 1 unspecified atom stereocenters.